The van der Waals surface area contributed by atoms with Crippen molar-refractivity contribution in [2.45, 2.75) is 203 Å². The highest BCUT2D eigenvalue weighted by molar-refractivity contribution is 7.89. The van der Waals surface area contributed by atoms with E-state index in [0.717, 1.165) is 61.9 Å². The third-order valence-electron chi connectivity index (χ3n) is 17.3. The highest BCUT2D eigenvalue weighted by Gasteiger charge is 2.42. The second-order valence-corrected chi connectivity index (χ2v) is 29.5. The van der Waals surface area contributed by atoms with Crippen LogP contribution in [0.4, 0.5) is 0 Å². The zero-order valence-electron chi connectivity index (χ0n) is 54.1. The maximum Gasteiger partial charge on any atom is 0.243 e. The van der Waals surface area contributed by atoms with E-state index in [9.17, 15) is 28.2 Å². The normalized spacial score (nSPS) is 23.6. The minimum atomic E-state index is -3.76. The summed E-state index contributed by atoms with van der Waals surface area (Å²) in [6.07, 6.45) is 12.7. The van der Waals surface area contributed by atoms with Gasteiger partial charge in [-0.3, -0.25) is 14.5 Å². The van der Waals surface area contributed by atoms with Crippen molar-refractivity contribution in [1.82, 2.24) is 25.2 Å². The summed E-state index contributed by atoms with van der Waals surface area (Å²) in [5.41, 5.74) is 23.8. The number of sulfonamides is 1. The number of hydrogen-bond donors (Lipinski definition) is 7. The van der Waals surface area contributed by atoms with Crippen molar-refractivity contribution in [3.63, 3.8) is 0 Å². The first kappa shape index (κ1) is 71.6. The molecule has 0 radical (unpaired) electrons. The number of ether oxygens (including phenoxy) is 2. The number of amides is 2. The molecule has 1 unspecified atom stereocenters. The van der Waals surface area contributed by atoms with Gasteiger partial charge in [0.1, 0.15) is 5.75 Å². The molecule has 0 aromatic heterocycles. The molecule has 486 valence electrons. The molecule has 2 amide bonds. The molecule has 2 saturated carbocycles. The van der Waals surface area contributed by atoms with Gasteiger partial charge in [-0.1, -0.05) is 148 Å². The lowest BCUT2D eigenvalue weighted by Crippen LogP contribution is -2.59. The van der Waals surface area contributed by atoms with Gasteiger partial charge in [0.15, 0.2) is 0 Å². The molecular formula is C69H106N10O8S. The van der Waals surface area contributed by atoms with Gasteiger partial charge >= 0.3 is 0 Å². The predicted molar refractivity (Wildman–Crippen MR) is 351 cm³/mol. The second-order valence-electron chi connectivity index (χ2n) is 27.6. The fourth-order valence-electron chi connectivity index (χ4n) is 12.6. The molecule has 0 spiro atoms. The fourth-order valence-corrected chi connectivity index (χ4v) is 14.2. The van der Waals surface area contributed by atoms with Gasteiger partial charge in [0.05, 0.1) is 55.0 Å². The van der Waals surface area contributed by atoms with Crippen molar-refractivity contribution >= 4 is 21.8 Å². The van der Waals surface area contributed by atoms with Gasteiger partial charge in [0.25, 0.3) is 0 Å². The average Bonchev–Trinajstić information content (AvgIpc) is 2.18. The first-order chi connectivity index (χ1) is 41.8. The van der Waals surface area contributed by atoms with Crippen molar-refractivity contribution in [3.8, 4) is 5.75 Å². The summed E-state index contributed by atoms with van der Waals surface area (Å²) in [5, 5.41) is 34.9. The standard InChI is InChI=1S/C24H39N3O2.C21H30N2O4S.C14H26N2O.C10H11N3O/c1-24(2,3)26-23(29)21-14-18-11-7-8-12-19(18)15-27(21)16-22(28)20(25)13-17-9-5-4-6-10-17;1-16(2)14-23(28(25,26)19-11-9-18(27-3)10-12-19)15-21(24)20(22)13-17-7-5-4-6-8-17;1-14(2,3)16-13(17)12-8-10-6-4-5-7-11(10)9-15-12;11-13-12-9(10-7-14-10)6-8-4-2-1-3-5-8/h4-6,9-10,18-22,28H,7-8,11-16,25H2,1-3H3,(H,26,29);4-12,16,20-21,24H,13-15,22H2,1-3H3;10-12,15H,4-9H2,1-3H3,(H,16,17);1-5,9-10H,6-7H2/t18-,19+,20-,21-,22+;20?,21-;10-,11+,12-;9-,10+/m0100/s1. The maximum atomic E-state index is 13.1. The van der Waals surface area contributed by atoms with Crippen LogP contribution in [0, 0.1) is 29.6 Å². The van der Waals surface area contributed by atoms with Crippen LogP contribution in [0.3, 0.4) is 0 Å². The van der Waals surface area contributed by atoms with Gasteiger partial charge in [0, 0.05) is 54.3 Å². The number of methoxy groups -OCH3 is 1. The van der Waals surface area contributed by atoms with Crippen molar-refractivity contribution in [3.05, 3.63) is 142 Å². The van der Waals surface area contributed by atoms with Crippen LogP contribution in [0.5, 0.6) is 5.75 Å². The van der Waals surface area contributed by atoms with E-state index in [-0.39, 0.29) is 70.5 Å². The lowest BCUT2D eigenvalue weighted by molar-refractivity contribution is -0.132. The number of aliphatic hydroxyl groups excluding tert-OH is 2. The Labute approximate surface area is 526 Å². The molecule has 12 atom stereocenters. The summed E-state index contributed by atoms with van der Waals surface area (Å²) >= 11 is 0. The van der Waals surface area contributed by atoms with E-state index in [1.807, 2.05) is 146 Å². The number of nitrogens with one attached hydrogen (secondary N) is 3. The molecule has 3 heterocycles. The lowest BCUT2D eigenvalue weighted by atomic mass is 9.72. The van der Waals surface area contributed by atoms with E-state index in [1.54, 1.807) is 12.1 Å². The molecule has 9 N–H and O–H groups in total. The van der Waals surface area contributed by atoms with Crippen LogP contribution in [0.25, 0.3) is 10.4 Å². The van der Waals surface area contributed by atoms with Crippen molar-refractivity contribution < 1.29 is 37.7 Å². The number of benzene rings is 4. The largest absolute Gasteiger partial charge is 0.497 e. The van der Waals surface area contributed by atoms with Crippen molar-refractivity contribution in [2.24, 2.45) is 46.2 Å². The number of nitrogens with two attached hydrogens (primary N) is 2. The Hall–Kier alpha value is -5.44. The first-order valence-electron chi connectivity index (χ1n) is 32.2. The minimum Gasteiger partial charge on any atom is -0.497 e. The molecule has 4 aromatic rings. The number of likely N-dealkylation sites (tertiary alicyclic amines) is 1. The number of carbonyl (C=O) groups excluding carboxylic acids is 2. The van der Waals surface area contributed by atoms with Gasteiger partial charge in [-0.2, -0.15) is 4.31 Å². The average molecular weight is 1240 g/mol. The SMILES string of the molecule is CC(C)(C)NC(=O)[C@@H]1C[C@@H]2CCCC[C@@H]2CN1.CC(C)(C)NC(=O)[C@@H]1C[C@@H]2CCCC[C@@H]2CN1C[C@@H](O)[C@@H](N)Cc1ccccc1.COc1ccc(S(=O)(=O)N(CC(C)C)C[C@@H](O)C(N)Cc2ccccc2)cc1.[N-]=[N+]=N[C@@H](Cc1ccccc1)[C@H]1CO1. The fraction of sp³-hybridized carbons (Fsp3) is 0.623. The molecule has 19 heteroatoms. The summed E-state index contributed by atoms with van der Waals surface area (Å²) in [6, 6.07) is 34.8. The number of carbonyl (C=O) groups is 2. The summed E-state index contributed by atoms with van der Waals surface area (Å²) < 4.78 is 37.8. The molecule has 88 heavy (non-hydrogen) atoms. The molecule has 18 nitrogen and oxygen atoms in total. The molecule has 9 rings (SSSR count). The molecule has 0 bridgehead atoms. The number of piperidine rings is 2. The topological polar surface area (TPSA) is 274 Å². The van der Waals surface area contributed by atoms with E-state index in [1.165, 1.54) is 80.5 Å². The van der Waals surface area contributed by atoms with E-state index >= 15 is 0 Å². The molecule has 3 aliphatic heterocycles. The quantitative estimate of drug-likeness (QED) is 0.0178. The van der Waals surface area contributed by atoms with E-state index < -0.39 is 28.3 Å². The van der Waals surface area contributed by atoms with E-state index in [4.69, 9.17) is 26.5 Å². The van der Waals surface area contributed by atoms with Crippen LogP contribution >= 0.6 is 0 Å². The van der Waals surface area contributed by atoms with Crippen LogP contribution in [-0.4, -0.2) is 146 Å². The van der Waals surface area contributed by atoms with Gasteiger partial charge in [-0.15, -0.1) is 0 Å². The smallest absolute Gasteiger partial charge is 0.243 e. The molecule has 2 aliphatic carbocycles. The van der Waals surface area contributed by atoms with E-state index in [0.29, 0.717) is 43.5 Å². The highest BCUT2D eigenvalue weighted by atomic mass is 32.2. The molecule has 4 aromatic carbocycles. The summed E-state index contributed by atoms with van der Waals surface area (Å²) in [5.74, 6) is 3.82. The van der Waals surface area contributed by atoms with Gasteiger partial charge in [-0.05, 0) is 169 Å². The minimum absolute atomic E-state index is 0.0357. The predicted octanol–water partition coefficient (Wildman–Crippen LogP) is 9.36. The molecular weight excluding hydrogens is 1130 g/mol. The number of fused-ring (bicyclic) bond motifs is 2. The lowest BCUT2D eigenvalue weighted by Gasteiger charge is -2.46. The Bertz CT molecular complexity index is 2850. The van der Waals surface area contributed by atoms with E-state index in [2.05, 4.69) is 30.9 Å². The van der Waals surface area contributed by atoms with Gasteiger partial charge in [0.2, 0.25) is 21.8 Å². The second kappa shape index (κ2) is 34.7. The van der Waals surface area contributed by atoms with Crippen LogP contribution in [0.15, 0.2) is 125 Å². The number of aliphatic hydroxyl groups is 2. The first-order valence-corrected chi connectivity index (χ1v) is 33.7. The van der Waals surface area contributed by atoms with Crippen molar-refractivity contribution in [1.29, 1.82) is 0 Å². The Kier molecular flexibility index (Phi) is 28.2. The third-order valence-corrected chi connectivity index (χ3v) is 19.2. The number of nitrogens with zero attached hydrogens (tertiary/aromatic N) is 5. The number of azide groups is 1. The molecule has 5 fully saturated rings. The Morgan fingerprint density at radius 3 is 1.68 bits per heavy atom. The van der Waals surface area contributed by atoms with Crippen molar-refractivity contribution in [2.75, 3.05) is 46.4 Å². The number of hydrogen-bond acceptors (Lipinski definition) is 13. The zero-order valence-corrected chi connectivity index (χ0v) is 54.9. The number of β-amino-alcohol motifs (C(OH)–C–C–N with tert-alkyl or cyclic N) is 1. The van der Waals surface area contributed by atoms with Gasteiger partial charge in [-0.25, -0.2) is 8.42 Å². The Morgan fingerprint density at radius 2 is 1.19 bits per heavy atom. The van der Waals surface area contributed by atoms with Gasteiger partial charge < -0.3 is 47.1 Å². The summed E-state index contributed by atoms with van der Waals surface area (Å²) in [7, 11) is -2.23. The maximum absolute atomic E-state index is 13.1. The zero-order chi connectivity index (χ0) is 64.0. The summed E-state index contributed by atoms with van der Waals surface area (Å²) in [6.45, 7) is 19.4. The number of rotatable bonds is 21. The monoisotopic (exact) mass is 1230 g/mol. The molecule has 3 saturated heterocycles. The highest BCUT2D eigenvalue weighted by Crippen LogP contribution is 2.39. The van der Waals surface area contributed by atoms with Crippen LogP contribution < -0.4 is 32.2 Å². The summed E-state index contributed by atoms with van der Waals surface area (Å²) in [4.78, 5) is 30.4. The van der Waals surface area contributed by atoms with Crippen LogP contribution in [-0.2, 0) is 43.6 Å². The Balaban J connectivity index is 0.000000195. The molecule has 5 aliphatic rings. The third kappa shape index (κ3) is 24.1. The van der Waals surface area contributed by atoms with Crippen LogP contribution in [0.2, 0.25) is 0 Å². The van der Waals surface area contributed by atoms with Crippen LogP contribution in [0.1, 0.15) is 136 Å². The Morgan fingerprint density at radius 1 is 0.716 bits per heavy atom. The number of epoxide rings is 1.